The normalized spacial score (nSPS) is 24.4. The molecule has 27 heavy (non-hydrogen) atoms. The molecule has 1 aromatic rings. The van der Waals surface area contributed by atoms with Crippen LogP contribution in [-0.4, -0.2) is 74.4 Å². The average Bonchev–Trinajstić information content (AvgIpc) is 2.65. The number of likely N-dealkylation sites (N-methyl/N-ethyl adjacent to an activating group) is 1. The van der Waals surface area contributed by atoms with Gasteiger partial charge in [0.05, 0.1) is 6.61 Å². The van der Waals surface area contributed by atoms with Crippen LogP contribution in [0.25, 0.3) is 0 Å². The van der Waals surface area contributed by atoms with E-state index in [2.05, 4.69) is 34.7 Å². The largest absolute Gasteiger partial charge is 0.467 e. The number of likely N-dealkylation sites (tertiary alicyclic amines) is 1. The lowest BCUT2D eigenvalue weighted by Crippen LogP contribution is -2.50. The lowest BCUT2D eigenvalue weighted by atomic mass is 9.79. The predicted molar refractivity (Wildman–Crippen MR) is 108 cm³/mol. The van der Waals surface area contributed by atoms with E-state index >= 15 is 0 Å². The molecule has 0 atom stereocenters. The summed E-state index contributed by atoms with van der Waals surface area (Å²) in [5, 5.41) is 0.773. The van der Waals surface area contributed by atoms with Crippen LogP contribution in [0, 0.1) is 5.41 Å². The Morgan fingerprint density at radius 2 is 1.78 bits per heavy atom. The van der Waals surface area contributed by atoms with Crippen molar-refractivity contribution in [1.82, 2.24) is 14.7 Å². The zero-order valence-corrected chi connectivity index (χ0v) is 17.4. The molecule has 0 aromatic heterocycles. The van der Waals surface area contributed by atoms with E-state index in [-0.39, 0.29) is 0 Å². The van der Waals surface area contributed by atoms with Crippen molar-refractivity contribution >= 4 is 11.6 Å². The van der Waals surface area contributed by atoms with Gasteiger partial charge in [-0.25, -0.2) is 0 Å². The fourth-order valence-corrected chi connectivity index (χ4v) is 4.83. The number of piperidine rings is 1. The minimum atomic E-state index is 0.338. The first-order chi connectivity index (χ1) is 13.0. The minimum Gasteiger partial charge on any atom is -0.467 e. The van der Waals surface area contributed by atoms with E-state index in [0.717, 1.165) is 36.0 Å². The molecule has 0 bridgehead atoms. The third-order valence-corrected chi connectivity index (χ3v) is 6.63. The summed E-state index contributed by atoms with van der Waals surface area (Å²) in [4.78, 5) is 7.65. The summed E-state index contributed by atoms with van der Waals surface area (Å²) in [6.07, 6.45) is 2.51. The van der Waals surface area contributed by atoms with Crippen LogP contribution in [0.1, 0.15) is 30.9 Å². The molecule has 2 fully saturated rings. The molecule has 150 valence electrons. The number of benzene rings is 1. The molecule has 1 aromatic carbocycles. The number of hydrogen-bond acceptors (Lipinski definition) is 5. The third-order valence-electron chi connectivity index (χ3n) is 6.41. The van der Waals surface area contributed by atoms with Crippen molar-refractivity contribution < 1.29 is 9.47 Å². The van der Waals surface area contributed by atoms with Gasteiger partial charge in [-0.05, 0) is 50.5 Å². The van der Waals surface area contributed by atoms with Crippen LogP contribution in [0.3, 0.4) is 0 Å². The molecule has 0 unspecified atom stereocenters. The first-order valence-electron chi connectivity index (χ1n) is 10.2. The van der Waals surface area contributed by atoms with Crippen LogP contribution in [0.5, 0.6) is 5.75 Å². The molecule has 0 aliphatic carbocycles. The van der Waals surface area contributed by atoms with Gasteiger partial charge < -0.3 is 19.3 Å². The highest BCUT2D eigenvalue weighted by Crippen LogP contribution is 2.36. The molecule has 0 N–H and O–H groups in total. The van der Waals surface area contributed by atoms with Crippen LogP contribution in [-0.2, 0) is 17.9 Å². The van der Waals surface area contributed by atoms with Crippen LogP contribution in [0.4, 0.5) is 0 Å². The van der Waals surface area contributed by atoms with Crippen LogP contribution in [0.2, 0.25) is 5.02 Å². The summed E-state index contributed by atoms with van der Waals surface area (Å²) < 4.78 is 11.2. The second-order valence-corrected chi connectivity index (χ2v) is 9.27. The monoisotopic (exact) mass is 393 g/mol. The summed E-state index contributed by atoms with van der Waals surface area (Å²) >= 11 is 6.32. The quantitative estimate of drug-likeness (QED) is 0.784. The topological polar surface area (TPSA) is 28.2 Å². The van der Waals surface area contributed by atoms with Gasteiger partial charge in [0.2, 0.25) is 0 Å². The molecule has 0 saturated carbocycles. The van der Waals surface area contributed by atoms with E-state index < -0.39 is 0 Å². The second-order valence-electron chi connectivity index (χ2n) is 8.83. The van der Waals surface area contributed by atoms with Crippen molar-refractivity contribution in [3.63, 3.8) is 0 Å². The van der Waals surface area contributed by atoms with Crippen molar-refractivity contribution in [2.45, 2.75) is 32.9 Å². The second kappa shape index (κ2) is 8.26. The highest BCUT2D eigenvalue weighted by Gasteiger charge is 2.33. The Balaban J connectivity index is 1.34. The number of rotatable bonds is 4. The van der Waals surface area contributed by atoms with Crippen LogP contribution >= 0.6 is 11.6 Å². The van der Waals surface area contributed by atoms with Gasteiger partial charge in [-0.15, -0.1) is 0 Å². The van der Waals surface area contributed by atoms with Crippen LogP contribution < -0.4 is 4.74 Å². The Kier molecular flexibility index (Phi) is 5.95. The third kappa shape index (κ3) is 4.77. The highest BCUT2D eigenvalue weighted by atomic mass is 35.5. The number of halogens is 1. The molecule has 2 saturated heterocycles. The molecule has 0 spiro atoms. The molecule has 0 amide bonds. The molecular formula is C21H32ClN3O2. The maximum atomic E-state index is 6.32. The van der Waals surface area contributed by atoms with E-state index in [1.807, 2.05) is 6.07 Å². The van der Waals surface area contributed by atoms with Gasteiger partial charge in [-0.3, -0.25) is 4.90 Å². The van der Waals surface area contributed by atoms with Gasteiger partial charge in [-0.1, -0.05) is 18.5 Å². The molecule has 6 heteroatoms. The maximum absolute atomic E-state index is 6.32. The van der Waals surface area contributed by atoms with Gasteiger partial charge in [-0.2, -0.15) is 0 Å². The van der Waals surface area contributed by atoms with Gasteiger partial charge in [0.15, 0.2) is 6.79 Å². The number of ether oxygens (including phenoxy) is 2. The van der Waals surface area contributed by atoms with E-state index in [4.69, 9.17) is 21.1 Å². The molecule has 0 radical (unpaired) electrons. The fourth-order valence-electron chi connectivity index (χ4n) is 4.57. The summed E-state index contributed by atoms with van der Waals surface area (Å²) in [6.45, 7) is 12.7. The van der Waals surface area contributed by atoms with Crippen molar-refractivity contribution in [3.8, 4) is 5.75 Å². The summed E-state index contributed by atoms with van der Waals surface area (Å²) in [6, 6.07) is 4.02. The Morgan fingerprint density at radius 3 is 2.52 bits per heavy atom. The summed E-state index contributed by atoms with van der Waals surface area (Å²) in [5.74, 6) is 0.983. The molecule has 3 aliphatic heterocycles. The van der Waals surface area contributed by atoms with Crippen molar-refractivity contribution in [3.05, 3.63) is 28.3 Å². The predicted octanol–water partition coefficient (Wildman–Crippen LogP) is 3.06. The first-order valence-corrected chi connectivity index (χ1v) is 10.5. The number of piperazine rings is 1. The summed E-state index contributed by atoms with van der Waals surface area (Å²) in [5.41, 5.74) is 2.70. The lowest BCUT2D eigenvalue weighted by molar-refractivity contribution is -0.0178. The fraction of sp³-hybridized carbons (Fsp3) is 0.714. The van der Waals surface area contributed by atoms with E-state index in [1.165, 1.54) is 51.1 Å². The summed E-state index contributed by atoms with van der Waals surface area (Å²) in [7, 11) is 2.22. The average molecular weight is 394 g/mol. The molecule has 4 rings (SSSR count). The molecule has 3 heterocycles. The Bertz CT molecular complexity index is 653. The van der Waals surface area contributed by atoms with Crippen molar-refractivity contribution in [1.29, 1.82) is 0 Å². The van der Waals surface area contributed by atoms with E-state index in [9.17, 15) is 0 Å². The number of nitrogens with zero attached hydrogens (tertiary/aromatic N) is 3. The van der Waals surface area contributed by atoms with E-state index in [0.29, 0.717) is 18.8 Å². The van der Waals surface area contributed by atoms with Gasteiger partial charge in [0, 0.05) is 55.4 Å². The zero-order chi connectivity index (χ0) is 18.9. The van der Waals surface area contributed by atoms with Gasteiger partial charge in [0.1, 0.15) is 5.75 Å². The SMILES string of the molecule is CN1CCN(CC2(C)CCN(Cc3cc(Cl)cc4c3OCOC4)CC2)CC1. The molecule has 5 nitrogen and oxygen atoms in total. The molecular weight excluding hydrogens is 362 g/mol. The minimum absolute atomic E-state index is 0.338. The van der Waals surface area contributed by atoms with Gasteiger partial charge >= 0.3 is 0 Å². The van der Waals surface area contributed by atoms with Crippen molar-refractivity contribution in [2.75, 3.05) is 59.7 Å². The Labute approximate surface area is 168 Å². The Morgan fingerprint density at radius 1 is 1.04 bits per heavy atom. The Hall–Kier alpha value is -0.850. The zero-order valence-electron chi connectivity index (χ0n) is 16.7. The van der Waals surface area contributed by atoms with Crippen LogP contribution in [0.15, 0.2) is 12.1 Å². The standard InChI is InChI=1S/C21H32ClN3O2/c1-21(15-25-9-7-23(2)8-10-25)3-5-24(6-4-21)13-17-11-19(22)12-18-14-26-16-27-20(17)18/h11-12H,3-10,13-16H2,1-2H3. The van der Waals surface area contributed by atoms with Gasteiger partial charge in [0.25, 0.3) is 0 Å². The maximum Gasteiger partial charge on any atom is 0.189 e. The van der Waals surface area contributed by atoms with Crippen molar-refractivity contribution in [2.24, 2.45) is 5.41 Å². The number of fused-ring (bicyclic) bond motifs is 1. The first kappa shape index (κ1) is 19.5. The lowest BCUT2D eigenvalue weighted by Gasteiger charge is -2.44. The molecule has 3 aliphatic rings. The number of hydrogen-bond donors (Lipinski definition) is 0. The smallest absolute Gasteiger partial charge is 0.189 e. The highest BCUT2D eigenvalue weighted by molar-refractivity contribution is 6.30. The van der Waals surface area contributed by atoms with E-state index in [1.54, 1.807) is 0 Å².